The summed E-state index contributed by atoms with van der Waals surface area (Å²) in [5, 5.41) is 9.63. The van der Waals surface area contributed by atoms with Crippen molar-refractivity contribution in [3.05, 3.63) is 144 Å². The quantitative estimate of drug-likeness (QED) is 0.0417. The number of hydrogen-bond acceptors (Lipinski definition) is 11. The second-order valence-electron chi connectivity index (χ2n) is 16.5. The molecular formula is C51H48Cl4N4O10. The fraction of sp³-hybridized carbons (Fsp3) is 0.314. The van der Waals surface area contributed by atoms with Gasteiger partial charge in [0.15, 0.2) is 11.6 Å². The van der Waals surface area contributed by atoms with E-state index >= 15 is 0 Å². The summed E-state index contributed by atoms with van der Waals surface area (Å²) in [5.41, 5.74) is 3.72. The van der Waals surface area contributed by atoms with Crippen LogP contribution in [0.25, 0.3) is 12.2 Å². The summed E-state index contributed by atoms with van der Waals surface area (Å²) in [4.78, 5) is 93.2. The van der Waals surface area contributed by atoms with E-state index in [1.54, 1.807) is 60.7 Å². The van der Waals surface area contributed by atoms with Crippen LogP contribution in [-0.2, 0) is 44.6 Å². The van der Waals surface area contributed by atoms with Gasteiger partial charge in [-0.2, -0.15) is 0 Å². The number of halogens is 4. The average molecular weight is 1020 g/mol. The summed E-state index contributed by atoms with van der Waals surface area (Å²) in [6.07, 6.45) is 4.02. The number of nitrogens with one attached hydrogen (secondary N) is 3. The van der Waals surface area contributed by atoms with Crippen molar-refractivity contribution in [1.82, 2.24) is 15.5 Å². The second kappa shape index (κ2) is 24.2. The fourth-order valence-corrected chi connectivity index (χ4v) is 8.92. The molecule has 1 aliphatic carbocycles. The zero-order chi connectivity index (χ0) is 49.0. The molecule has 2 heterocycles. The van der Waals surface area contributed by atoms with Crippen LogP contribution in [0.3, 0.4) is 0 Å². The van der Waals surface area contributed by atoms with Crippen LogP contribution in [0.1, 0.15) is 69.5 Å². The number of amides is 5. The van der Waals surface area contributed by atoms with Gasteiger partial charge in [0.05, 0.1) is 76.9 Å². The number of benzene rings is 4. The molecule has 1 saturated heterocycles. The normalized spacial score (nSPS) is 18.7. The first kappa shape index (κ1) is 51.1. The van der Waals surface area contributed by atoms with E-state index in [1.165, 1.54) is 6.07 Å². The Balaban J connectivity index is 0.865. The molecule has 4 aromatic carbocycles. The summed E-state index contributed by atoms with van der Waals surface area (Å²) < 4.78 is 16.9. The van der Waals surface area contributed by atoms with Gasteiger partial charge in [0, 0.05) is 42.1 Å². The Morgan fingerprint density at radius 1 is 0.710 bits per heavy atom. The van der Waals surface area contributed by atoms with Gasteiger partial charge in [-0.3, -0.25) is 43.8 Å². The largest absolute Gasteiger partial charge is 0.382 e. The molecule has 0 bridgehead atoms. The Labute approximate surface area is 418 Å². The van der Waals surface area contributed by atoms with E-state index in [0.29, 0.717) is 54.6 Å². The van der Waals surface area contributed by atoms with Crippen molar-refractivity contribution in [3.63, 3.8) is 0 Å². The van der Waals surface area contributed by atoms with Gasteiger partial charge >= 0.3 is 0 Å². The van der Waals surface area contributed by atoms with Crippen molar-refractivity contribution < 1.29 is 47.8 Å². The number of ketones is 2. The Kier molecular flexibility index (Phi) is 18.0. The molecule has 2 fully saturated rings. The number of allylic oxidation sites excluding steroid dienone is 2. The Morgan fingerprint density at radius 3 is 1.93 bits per heavy atom. The number of carbonyl (C=O) groups is 7. The van der Waals surface area contributed by atoms with E-state index < -0.39 is 41.6 Å². The third-order valence-electron chi connectivity index (χ3n) is 11.7. The van der Waals surface area contributed by atoms with E-state index in [4.69, 9.17) is 60.6 Å². The van der Waals surface area contributed by atoms with E-state index in [1.807, 2.05) is 30.3 Å². The lowest BCUT2D eigenvalue weighted by Crippen LogP contribution is -2.54. The lowest BCUT2D eigenvalue weighted by molar-refractivity contribution is -0.136. The number of nitrogens with zero attached hydrogens (tertiary/aromatic N) is 1. The number of Topliss-reactive ketones (excluding diaryl/α,β-unsaturated/α-hetero) is 2. The first-order chi connectivity index (χ1) is 33.3. The van der Waals surface area contributed by atoms with Crippen LogP contribution in [0.15, 0.2) is 96.1 Å². The van der Waals surface area contributed by atoms with E-state index in [9.17, 15) is 33.6 Å². The molecule has 0 aromatic heterocycles. The molecule has 69 heavy (non-hydrogen) atoms. The number of imide groups is 2. The van der Waals surface area contributed by atoms with Gasteiger partial charge in [0.1, 0.15) is 6.04 Å². The standard InChI is InChI=1S/C51H48Cl4N4O10/c52-37-11-9-31(25-39(37)54)23-33-28-35(29-34(47(33)62)24-32-10-12-38(53)40(55)26-32)48(63)42(27-30-5-2-1-3-6-30)57-45(61)15-17-67-19-21-69-22-20-68-18-16-56-41-8-4-7-36-46(41)51(66)59(50(36)65)43-13-14-44(60)58-49(43)64/h1-12,23-26,35,42-43,56H,13-22,27-29H2,(H,57,61)(H,58,60,64)/b33-23+,34-24+/t42-,43?/m0/s1. The van der Waals surface area contributed by atoms with Crippen molar-refractivity contribution in [2.45, 2.75) is 50.6 Å². The van der Waals surface area contributed by atoms with Gasteiger partial charge in [-0.05, 0) is 90.9 Å². The number of rotatable bonds is 21. The minimum atomic E-state index is -1.05. The number of piperidine rings is 1. The number of fused-ring (bicyclic) bond motifs is 1. The van der Waals surface area contributed by atoms with Crippen molar-refractivity contribution in [2.24, 2.45) is 5.92 Å². The highest BCUT2D eigenvalue weighted by Crippen LogP contribution is 2.36. The Hall–Kier alpha value is -5.71. The van der Waals surface area contributed by atoms with Gasteiger partial charge in [-0.25, -0.2) is 0 Å². The van der Waals surface area contributed by atoms with Crippen LogP contribution in [0.5, 0.6) is 0 Å². The summed E-state index contributed by atoms with van der Waals surface area (Å²) >= 11 is 24.9. The highest BCUT2D eigenvalue weighted by Gasteiger charge is 2.45. The summed E-state index contributed by atoms with van der Waals surface area (Å²) in [5.74, 6) is -3.78. The van der Waals surface area contributed by atoms with Crippen LogP contribution in [0.4, 0.5) is 5.69 Å². The van der Waals surface area contributed by atoms with Crippen molar-refractivity contribution in [3.8, 4) is 0 Å². The predicted molar refractivity (Wildman–Crippen MR) is 262 cm³/mol. The van der Waals surface area contributed by atoms with Gasteiger partial charge in [-0.15, -0.1) is 0 Å². The van der Waals surface area contributed by atoms with Crippen molar-refractivity contribution in [2.75, 3.05) is 51.5 Å². The molecular weight excluding hydrogens is 970 g/mol. The zero-order valence-electron chi connectivity index (χ0n) is 37.2. The van der Waals surface area contributed by atoms with E-state index in [2.05, 4.69) is 16.0 Å². The molecule has 14 nitrogen and oxygen atoms in total. The third kappa shape index (κ3) is 13.3. The highest BCUT2D eigenvalue weighted by molar-refractivity contribution is 6.42. The van der Waals surface area contributed by atoms with E-state index in [-0.39, 0.29) is 107 Å². The maximum absolute atomic E-state index is 14.5. The van der Waals surface area contributed by atoms with Crippen LogP contribution >= 0.6 is 46.4 Å². The fourth-order valence-electron chi connectivity index (χ4n) is 8.30. The van der Waals surface area contributed by atoms with Crippen molar-refractivity contribution >= 4 is 105 Å². The lowest BCUT2D eigenvalue weighted by Gasteiger charge is -2.29. The third-order valence-corrected chi connectivity index (χ3v) is 13.2. The van der Waals surface area contributed by atoms with Crippen LogP contribution < -0.4 is 16.0 Å². The van der Waals surface area contributed by atoms with Gasteiger partial charge < -0.3 is 24.8 Å². The summed E-state index contributed by atoms with van der Waals surface area (Å²) in [7, 11) is 0. The molecule has 5 amide bonds. The molecule has 3 N–H and O–H groups in total. The lowest BCUT2D eigenvalue weighted by atomic mass is 9.76. The average Bonchev–Trinajstić information content (AvgIpc) is 3.58. The predicted octanol–water partition coefficient (Wildman–Crippen LogP) is 8.00. The van der Waals surface area contributed by atoms with Crippen LogP contribution in [0.2, 0.25) is 20.1 Å². The van der Waals surface area contributed by atoms with Crippen LogP contribution in [-0.4, -0.2) is 104 Å². The maximum Gasteiger partial charge on any atom is 0.264 e. The topological polar surface area (TPSA) is 187 Å². The van der Waals surface area contributed by atoms with Gasteiger partial charge in [0.25, 0.3) is 11.8 Å². The van der Waals surface area contributed by atoms with E-state index in [0.717, 1.165) is 10.5 Å². The molecule has 3 aliphatic rings. The molecule has 1 unspecified atom stereocenters. The minimum absolute atomic E-state index is 0.0118. The second-order valence-corrected chi connectivity index (χ2v) is 18.2. The maximum atomic E-state index is 14.5. The zero-order valence-corrected chi connectivity index (χ0v) is 40.2. The SMILES string of the molecule is O=C1CCC(N2C(=O)c3cccc(NCCOCCOCCOCCC(=O)N[C@@H](Cc4ccccc4)C(=O)C4C/C(=C\c5ccc(Cl)c(Cl)c5)C(=O)/C(=C/c5ccc(Cl)c(Cl)c5)C4)c3C2=O)C(=O)N1. The number of ether oxygens (including phenoxy) is 3. The number of anilines is 1. The number of hydrogen-bond donors (Lipinski definition) is 3. The van der Waals surface area contributed by atoms with Gasteiger partial charge in [0.2, 0.25) is 17.7 Å². The molecule has 7 rings (SSSR count). The monoisotopic (exact) mass is 1020 g/mol. The Morgan fingerprint density at radius 2 is 1.32 bits per heavy atom. The minimum Gasteiger partial charge on any atom is -0.382 e. The van der Waals surface area contributed by atoms with Crippen LogP contribution in [0, 0.1) is 5.92 Å². The summed E-state index contributed by atoms with van der Waals surface area (Å²) in [6.45, 7) is 1.64. The molecule has 18 heteroatoms. The molecule has 2 atom stereocenters. The van der Waals surface area contributed by atoms with Gasteiger partial charge in [-0.1, -0.05) is 94.9 Å². The highest BCUT2D eigenvalue weighted by atomic mass is 35.5. The molecule has 0 radical (unpaired) electrons. The molecule has 1 saturated carbocycles. The molecule has 0 spiro atoms. The van der Waals surface area contributed by atoms with Crippen molar-refractivity contribution in [1.29, 1.82) is 0 Å². The molecule has 2 aliphatic heterocycles. The first-order valence-electron chi connectivity index (χ1n) is 22.3. The smallest absolute Gasteiger partial charge is 0.264 e. The number of carbonyl (C=O) groups excluding carboxylic acids is 7. The summed E-state index contributed by atoms with van der Waals surface area (Å²) in [6, 6.07) is 22.3. The molecule has 360 valence electrons. The molecule has 4 aromatic rings. The first-order valence-corrected chi connectivity index (χ1v) is 23.8. The Bertz CT molecular complexity index is 2620.